The van der Waals surface area contributed by atoms with Crippen LogP contribution in [0.1, 0.15) is 42.9 Å². The molecule has 1 aromatic heterocycles. The van der Waals surface area contributed by atoms with Crippen LogP contribution in [0.15, 0.2) is 35.1 Å². The molecule has 4 rings (SSSR count). The van der Waals surface area contributed by atoms with E-state index in [0.717, 1.165) is 18.2 Å². The van der Waals surface area contributed by atoms with Gasteiger partial charge < -0.3 is 20.5 Å². The molecule has 0 radical (unpaired) electrons. The molecular weight excluding hydrogens is 454 g/mol. The Morgan fingerprint density at radius 1 is 1.15 bits per heavy atom. The van der Waals surface area contributed by atoms with Crippen LogP contribution >= 0.6 is 0 Å². The van der Waals surface area contributed by atoms with E-state index in [4.69, 9.17) is 0 Å². The number of alkyl halides is 3. The Labute approximate surface area is 182 Å². The molecular formula is C22H18F6N2O3. The van der Waals surface area contributed by atoms with Crippen LogP contribution < -0.4 is 10.9 Å². The molecule has 0 saturated heterocycles. The Balaban J connectivity index is 1.98. The highest BCUT2D eigenvalue weighted by Crippen LogP contribution is 2.55. The number of rotatable bonds is 3. The van der Waals surface area contributed by atoms with Gasteiger partial charge in [-0.15, -0.1) is 0 Å². The summed E-state index contributed by atoms with van der Waals surface area (Å²) in [6.07, 6.45) is -6.15. The van der Waals surface area contributed by atoms with Gasteiger partial charge in [0.05, 0.1) is 11.6 Å². The molecule has 1 aliphatic rings. The third-order valence-corrected chi connectivity index (χ3v) is 6.15. The average Bonchev–Trinajstić information content (AvgIpc) is 2.74. The zero-order valence-electron chi connectivity index (χ0n) is 17.0. The molecule has 0 amide bonds. The number of anilines is 1. The fraction of sp³-hybridized carbons (Fsp3) is 0.318. The molecule has 11 heteroatoms. The second kappa shape index (κ2) is 7.68. The van der Waals surface area contributed by atoms with Crippen molar-refractivity contribution in [3.05, 3.63) is 69.3 Å². The van der Waals surface area contributed by atoms with E-state index in [1.165, 1.54) is 13.0 Å². The first kappa shape index (κ1) is 23.0. The van der Waals surface area contributed by atoms with Crippen LogP contribution in [0.3, 0.4) is 0 Å². The van der Waals surface area contributed by atoms with Crippen LogP contribution in [0.4, 0.5) is 32.0 Å². The third kappa shape index (κ3) is 3.50. The van der Waals surface area contributed by atoms with Crippen LogP contribution in [0.25, 0.3) is 10.9 Å². The lowest BCUT2D eigenvalue weighted by Crippen LogP contribution is -2.55. The van der Waals surface area contributed by atoms with Crippen molar-refractivity contribution in [1.82, 2.24) is 4.98 Å². The Morgan fingerprint density at radius 2 is 1.85 bits per heavy atom. The highest BCUT2D eigenvalue weighted by molar-refractivity contribution is 5.91. The van der Waals surface area contributed by atoms with E-state index in [2.05, 4.69) is 10.3 Å². The number of hydrogen-bond donors (Lipinski definition) is 4. The minimum Gasteiger partial charge on any atom is -0.505 e. The monoisotopic (exact) mass is 472 g/mol. The number of hydrogen-bond acceptors (Lipinski definition) is 4. The van der Waals surface area contributed by atoms with E-state index >= 15 is 0 Å². The average molecular weight is 472 g/mol. The van der Waals surface area contributed by atoms with Crippen molar-refractivity contribution < 1.29 is 36.6 Å². The SMILES string of the molecule is CC[C@@H]1C[C@](O)(C(F)(F)F)[C@@H](Nc2ccc(F)c3[nH]c(=O)ccc23)c2cc(F)c(F)c(O)c21. The number of H-pyrrole nitrogens is 1. The lowest BCUT2D eigenvalue weighted by Gasteiger charge is -2.46. The number of phenols is 1. The summed E-state index contributed by atoms with van der Waals surface area (Å²) in [7, 11) is 0. The van der Waals surface area contributed by atoms with Crippen molar-refractivity contribution in [2.45, 2.75) is 43.5 Å². The van der Waals surface area contributed by atoms with Gasteiger partial charge >= 0.3 is 6.18 Å². The van der Waals surface area contributed by atoms with E-state index in [-0.39, 0.29) is 28.6 Å². The number of aromatic hydroxyl groups is 1. The minimum atomic E-state index is -5.21. The molecule has 0 aliphatic heterocycles. The number of halogens is 6. The number of nitrogens with one attached hydrogen (secondary N) is 2. The number of aromatic amines is 1. The number of fused-ring (bicyclic) bond motifs is 2. The van der Waals surface area contributed by atoms with E-state index < -0.39 is 64.5 Å². The van der Waals surface area contributed by atoms with E-state index in [1.807, 2.05) is 0 Å². The molecule has 1 aliphatic carbocycles. The van der Waals surface area contributed by atoms with Gasteiger partial charge in [-0.3, -0.25) is 4.79 Å². The first-order chi connectivity index (χ1) is 15.4. The van der Waals surface area contributed by atoms with Gasteiger partial charge in [-0.2, -0.15) is 17.6 Å². The van der Waals surface area contributed by atoms with Crippen LogP contribution in [0.2, 0.25) is 0 Å². The summed E-state index contributed by atoms with van der Waals surface area (Å²) in [6.45, 7) is 1.49. The molecule has 4 N–H and O–H groups in total. The van der Waals surface area contributed by atoms with E-state index in [0.29, 0.717) is 6.07 Å². The topological polar surface area (TPSA) is 85.4 Å². The minimum absolute atomic E-state index is 0.00252. The predicted octanol–water partition coefficient (Wildman–Crippen LogP) is 4.99. The number of aliphatic hydroxyl groups is 1. The fourth-order valence-corrected chi connectivity index (χ4v) is 4.49. The first-order valence-corrected chi connectivity index (χ1v) is 9.97. The molecule has 0 bridgehead atoms. The van der Waals surface area contributed by atoms with Gasteiger partial charge in [-0.05, 0) is 48.6 Å². The molecule has 0 fully saturated rings. The zero-order chi connectivity index (χ0) is 24.3. The summed E-state index contributed by atoms with van der Waals surface area (Å²) in [5.74, 6) is -6.29. The Morgan fingerprint density at radius 3 is 2.48 bits per heavy atom. The van der Waals surface area contributed by atoms with Crippen molar-refractivity contribution in [3.63, 3.8) is 0 Å². The lowest BCUT2D eigenvalue weighted by molar-refractivity contribution is -0.272. The first-order valence-electron chi connectivity index (χ1n) is 9.97. The molecule has 1 heterocycles. The predicted molar refractivity (Wildman–Crippen MR) is 108 cm³/mol. The molecule has 3 aromatic rings. The van der Waals surface area contributed by atoms with Crippen LogP contribution in [-0.2, 0) is 0 Å². The number of benzene rings is 2. The normalized spacial score (nSPS) is 22.9. The largest absolute Gasteiger partial charge is 0.505 e. The summed E-state index contributed by atoms with van der Waals surface area (Å²) in [5, 5.41) is 23.6. The van der Waals surface area contributed by atoms with E-state index in [9.17, 15) is 41.4 Å². The molecule has 5 nitrogen and oxygen atoms in total. The summed E-state index contributed by atoms with van der Waals surface area (Å²) in [6, 6.07) is 2.62. The smallest absolute Gasteiger partial charge is 0.419 e. The number of aromatic nitrogens is 1. The molecule has 176 valence electrons. The van der Waals surface area contributed by atoms with Gasteiger partial charge in [0.15, 0.2) is 17.2 Å². The molecule has 3 atom stereocenters. The summed E-state index contributed by atoms with van der Waals surface area (Å²) < 4.78 is 85.0. The van der Waals surface area contributed by atoms with Gasteiger partial charge in [0.2, 0.25) is 11.4 Å². The standard InChI is InChI=1S/C22H18F6N2O3/c1-2-9-8-21(33,22(26,27)28)20(11-7-13(24)17(25)19(32)16(9)11)29-14-5-4-12(23)18-10(14)3-6-15(31)30-18/h3-7,9,20,29,32-33H,2,8H2,1H3,(H,30,31)/t9-,20+,21-/m1/s1. The van der Waals surface area contributed by atoms with E-state index in [1.54, 1.807) is 0 Å². The van der Waals surface area contributed by atoms with Crippen molar-refractivity contribution in [2.24, 2.45) is 0 Å². The zero-order valence-corrected chi connectivity index (χ0v) is 17.0. The highest BCUT2D eigenvalue weighted by atomic mass is 19.4. The van der Waals surface area contributed by atoms with Gasteiger partial charge in [-0.1, -0.05) is 6.92 Å². The maximum absolute atomic E-state index is 14.2. The van der Waals surface area contributed by atoms with Crippen LogP contribution in [0, 0.1) is 17.5 Å². The molecule has 0 saturated carbocycles. The summed E-state index contributed by atoms with van der Waals surface area (Å²) >= 11 is 0. The number of pyridine rings is 1. The van der Waals surface area contributed by atoms with Crippen molar-refractivity contribution in [1.29, 1.82) is 0 Å². The Hall–Kier alpha value is -3.21. The summed E-state index contributed by atoms with van der Waals surface area (Å²) in [4.78, 5) is 13.8. The lowest BCUT2D eigenvalue weighted by atomic mass is 9.69. The number of phenolic OH excluding ortho intramolecular Hbond substituents is 1. The van der Waals surface area contributed by atoms with Crippen molar-refractivity contribution >= 4 is 16.6 Å². The van der Waals surface area contributed by atoms with Crippen molar-refractivity contribution in [3.8, 4) is 5.75 Å². The van der Waals surface area contributed by atoms with Crippen LogP contribution in [-0.4, -0.2) is 27.0 Å². The van der Waals surface area contributed by atoms with Gasteiger partial charge in [0.1, 0.15) is 5.82 Å². The molecule has 0 spiro atoms. The fourth-order valence-electron chi connectivity index (χ4n) is 4.49. The van der Waals surface area contributed by atoms with Gasteiger partial charge in [0, 0.05) is 22.7 Å². The second-order valence-electron chi connectivity index (χ2n) is 8.04. The van der Waals surface area contributed by atoms with Gasteiger partial charge in [0.25, 0.3) is 0 Å². The second-order valence-corrected chi connectivity index (χ2v) is 8.04. The van der Waals surface area contributed by atoms with Gasteiger partial charge in [-0.25, -0.2) is 8.78 Å². The maximum atomic E-state index is 14.2. The quantitative estimate of drug-likeness (QED) is 0.405. The van der Waals surface area contributed by atoms with Crippen LogP contribution in [0.5, 0.6) is 5.75 Å². The highest BCUT2D eigenvalue weighted by Gasteiger charge is 2.62. The Bertz CT molecular complexity index is 1310. The molecule has 0 unspecified atom stereocenters. The summed E-state index contributed by atoms with van der Waals surface area (Å²) in [5.41, 5.74) is -5.23. The Kier molecular flexibility index (Phi) is 5.35. The van der Waals surface area contributed by atoms with Crippen molar-refractivity contribution in [2.75, 3.05) is 5.32 Å². The molecule has 2 aromatic carbocycles. The third-order valence-electron chi connectivity index (χ3n) is 6.15. The molecule has 33 heavy (non-hydrogen) atoms. The maximum Gasteiger partial charge on any atom is 0.419 e.